The minimum absolute atomic E-state index is 0.00269. The number of benzene rings is 1. The van der Waals surface area contributed by atoms with Crippen LogP contribution in [-0.2, 0) is 9.59 Å². The van der Waals surface area contributed by atoms with E-state index in [4.69, 9.17) is 10.5 Å². The van der Waals surface area contributed by atoms with Crippen LogP contribution in [-0.4, -0.2) is 84.2 Å². The van der Waals surface area contributed by atoms with Crippen molar-refractivity contribution in [1.82, 2.24) is 0 Å². The van der Waals surface area contributed by atoms with E-state index in [0.717, 1.165) is 0 Å². The molecule has 0 radical (unpaired) electrons. The molecule has 12 nitrogen and oxygen atoms in total. The third kappa shape index (κ3) is 2.54. The Hall–Kier alpha value is -3.55. The van der Waals surface area contributed by atoms with Crippen molar-refractivity contribution in [3.8, 4) is 5.75 Å². The first-order valence-electron chi connectivity index (χ1n) is 9.52. The number of methoxy groups -OCH3 is 1. The first-order valence-corrected chi connectivity index (χ1v) is 9.52. The molecule has 0 aliphatic heterocycles. The van der Waals surface area contributed by atoms with Gasteiger partial charge in [0.25, 0.3) is 0 Å². The van der Waals surface area contributed by atoms with Gasteiger partial charge in [-0.15, -0.1) is 0 Å². The number of nitrogens with two attached hydrogens (primary N) is 1. The molecule has 0 bridgehead atoms. The number of Topliss-reactive ketones (excluding diaryl/α,β-unsaturated/α-hetero) is 3. The van der Waals surface area contributed by atoms with Gasteiger partial charge in [-0.3, -0.25) is 14.4 Å². The zero-order chi connectivity index (χ0) is 24.6. The van der Waals surface area contributed by atoms with E-state index in [2.05, 4.69) is 0 Å². The quantitative estimate of drug-likeness (QED) is 0.186. The highest BCUT2D eigenvalue weighted by Crippen LogP contribution is 2.52. The van der Waals surface area contributed by atoms with Gasteiger partial charge in [0.05, 0.1) is 35.9 Å². The second kappa shape index (κ2) is 6.97. The zero-order valence-electron chi connectivity index (χ0n) is 16.9. The average molecular weight is 461 g/mol. The minimum Gasteiger partial charge on any atom is -0.511 e. The van der Waals surface area contributed by atoms with Crippen molar-refractivity contribution in [3.05, 3.63) is 57.6 Å². The lowest BCUT2D eigenvalue weighted by Crippen LogP contribution is -2.71. The molecule has 2 unspecified atom stereocenters. The molecule has 33 heavy (non-hydrogen) atoms. The Bertz CT molecular complexity index is 1240. The molecule has 12 heteroatoms. The predicted octanol–water partition coefficient (Wildman–Crippen LogP) is -1.70. The van der Waals surface area contributed by atoms with E-state index >= 15 is 0 Å². The van der Waals surface area contributed by atoms with E-state index in [9.17, 15) is 50.1 Å². The maximum atomic E-state index is 13.3. The number of hydrogen-bond donors (Lipinski definition) is 8. The molecule has 1 aromatic rings. The zero-order valence-corrected chi connectivity index (χ0v) is 16.9. The van der Waals surface area contributed by atoms with Crippen LogP contribution < -0.4 is 10.5 Å². The summed E-state index contributed by atoms with van der Waals surface area (Å²) in [6, 6.07) is 4.10. The van der Waals surface area contributed by atoms with Crippen LogP contribution in [0.2, 0.25) is 0 Å². The summed E-state index contributed by atoms with van der Waals surface area (Å²) in [4.78, 5) is 38.5. The fraction of sp³-hybridized carbons (Fsp3) is 0.286. The number of allylic oxidation sites excluding steroid dienone is 2. The van der Waals surface area contributed by atoms with Crippen LogP contribution in [0.1, 0.15) is 15.9 Å². The minimum atomic E-state index is -3.69. The SMILES string of the molecule is COc1cccc2c1C(=O)C1C(O)=C3C(=C(O)C1=C2O)C(=O)[C@](O)(C(=O)CN)C(O)C3(O)O. The fourth-order valence-corrected chi connectivity index (χ4v) is 4.52. The van der Waals surface area contributed by atoms with E-state index in [-0.39, 0.29) is 16.9 Å². The van der Waals surface area contributed by atoms with Crippen molar-refractivity contribution in [2.24, 2.45) is 11.7 Å². The second-order valence-electron chi connectivity index (χ2n) is 7.78. The lowest BCUT2D eigenvalue weighted by Gasteiger charge is -2.46. The molecular formula is C21H19NO11. The van der Waals surface area contributed by atoms with Crippen LogP contribution in [0.15, 0.2) is 46.4 Å². The highest BCUT2D eigenvalue weighted by atomic mass is 16.5. The Balaban J connectivity index is 2.11. The van der Waals surface area contributed by atoms with Gasteiger partial charge in [0.2, 0.25) is 17.2 Å². The van der Waals surface area contributed by atoms with Crippen LogP contribution >= 0.6 is 0 Å². The predicted molar refractivity (Wildman–Crippen MR) is 107 cm³/mol. The second-order valence-corrected chi connectivity index (χ2v) is 7.78. The molecule has 1 fully saturated rings. The van der Waals surface area contributed by atoms with E-state index in [1.807, 2.05) is 0 Å². The summed E-state index contributed by atoms with van der Waals surface area (Å²) in [6.07, 6.45) is -2.94. The van der Waals surface area contributed by atoms with E-state index in [1.54, 1.807) is 0 Å². The molecule has 0 spiro atoms. The number of ketones is 3. The fourth-order valence-electron chi connectivity index (χ4n) is 4.52. The van der Waals surface area contributed by atoms with E-state index < -0.39 is 81.3 Å². The summed E-state index contributed by atoms with van der Waals surface area (Å²) >= 11 is 0. The van der Waals surface area contributed by atoms with Crippen molar-refractivity contribution >= 4 is 23.1 Å². The third-order valence-corrected chi connectivity index (χ3v) is 6.15. The molecule has 0 amide bonds. The van der Waals surface area contributed by atoms with Gasteiger partial charge < -0.3 is 46.2 Å². The molecule has 0 heterocycles. The molecule has 9 N–H and O–H groups in total. The Morgan fingerprint density at radius 3 is 2.33 bits per heavy atom. The number of carbonyl (C=O) groups is 3. The summed E-state index contributed by atoms with van der Waals surface area (Å²) in [5, 5.41) is 74.8. The molecule has 4 rings (SSSR count). The number of fused-ring (bicyclic) bond motifs is 3. The lowest BCUT2D eigenvalue weighted by molar-refractivity contribution is -0.246. The Morgan fingerprint density at radius 2 is 1.76 bits per heavy atom. The molecule has 3 aliphatic carbocycles. The summed E-state index contributed by atoms with van der Waals surface area (Å²) in [6.45, 7) is -1.00. The molecule has 3 aliphatic rings. The maximum Gasteiger partial charge on any atom is 0.224 e. The van der Waals surface area contributed by atoms with Crippen molar-refractivity contribution in [1.29, 1.82) is 0 Å². The van der Waals surface area contributed by atoms with Crippen molar-refractivity contribution < 1.29 is 54.9 Å². The molecular weight excluding hydrogens is 442 g/mol. The van der Waals surface area contributed by atoms with Gasteiger partial charge in [-0.25, -0.2) is 0 Å². The molecule has 0 saturated heterocycles. The van der Waals surface area contributed by atoms with Crippen molar-refractivity contribution in [2.45, 2.75) is 17.5 Å². The third-order valence-electron chi connectivity index (χ3n) is 6.15. The Labute approximate surface area is 184 Å². The molecule has 1 aromatic carbocycles. The smallest absolute Gasteiger partial charge is 0.224 e. The Kier molecular flexibility index (Phi) is 4.78. The van der Waals surface area contributed by atoms with Gasteiger partial charge in [0.15, 0.2) is 17.7 Å². The van der Waals surface area contributed by atoms with Gasteiger partial charge in [0.1, 0.15) is 28.9 Å². The summed E-state index contributed by atoms with van der Waals surface area (Å²) in [5.41, 5.74) is -1.72. The largest absolute Gasteiger partial charge is 0.511 e. The maximum absolute atomic E-state index is 13.3. The number of aliphatic hydroxyl groups is 7. The highest BCUT2D eigenvalue weighted by Gasteiger charge is 2.67. The van der Waals surface area contributed by atoms with E-state index in [1.165, 1.54) is 25.3 Å². The van der Waals surface area contributed by atoms with Crippen LogP contribution in [0.25, 0.3) is 5.76 Å². The van der Waals surface area contributed by atoms with E-state index in [0.29, 0.717) is 0 Å². The van der Waals surface area contributed by atoms with Crippen LogP contribution in [0, 0.1) is 5.92 Å². The summed E-state index contributed by atoms with van der Waals surface area (Å²) < 4.78 is 5.12. The monoisotopic (exact) mass is 461 g/mol. The van der Waals surface area contributed by atoms with Crippen molar-refractivity contribution in [3.63, 3.8) is 0 Å². The molecule has 3 atom stereocenters. The highest BCUT2D eigenvalue weighted by molar-refractivity contribution is 6.23. The van der Waals surface area contributed by atoms with Gasteiger partial charge in [-0.05, 0) is 6.07 Å². The Morgan fingerprint density at radius 1 is 1.12 bits per heavy atom. The molecule has 174 valence electrons. The first-order chi connectivity index (χ1) is 15.4. The number of aliphatic hydroxyl groups excluding tert-OH is 4. The lowest BCUT2D eigenvalue weighted by atomic mass is 9.63. The van der Waals surface area contributed by atoms with Gasteiger partial charge in [0, 0.05) is 5.56 Å². The number of rotatable bonds is 3. The number of ether oxygens (including phenoxy) is 1. The standard InChI is InChI=1S/C21H19NO11/c1-33-7-4-2-3-6-9(7)15(25)11-10(14(6)24)16(26)12-13(17(11)27)21(31,32)19(29)20(30,18(12)28)8(23)5-22/h2-4,11,19,24,26-27,29-32H,5,22H2,1H3/t11?,19?,20-/m1/s1. The first kappa shape index (κ1) is 22.6. The van der Waals surface area contributed by atoms with Gasteiger partial charge >= 0.3 is 0 Å². The van der Waals surface area contributed by atoms with Crippen LogP contribution in [0.3, 0.4) is 0 Å². The van der Waals surface area contributed by atoms with Crippen LogP contribution in [0.4, 0.5) is 0 Å². The molecule has 0 aromatic heterocycles. The number of carbonyl (C=O) groups excluding carboxylic acids is 3. The van der Waals surface area contributed by atoms with Crippen molar-refractivity contribution in [2.75, 3.05) is 13.7 Å². The normalized spacial score (nSPS) is 28.4. The van der Waals surface area contributed by atoms with Gasteiger partial charge in [-0.1, -0.05) is 12.1 Å². The van der Waals surface area contributed by atoms with Crippen LogP contribution in [0.5, 0.6) is 5.75 Å². The summed E-state index contributed by atoms with van der Waals surface area (Å²) in [5.74, 6) is -13.0. The van der Waals surface area contributed by atoms with Gasteiger partial charge in [-0.2, -0.15) is 0 Å². The molecule has 1 saturated carbocycles. The summed E-state index contributed by atoms with van der Waals surface area (Å²) in [7, 11) is 1.24. The average Bonchev–Trinajstić information content (AvgIpc) is 2.79. The number of hydrogen-bond acceptors (Lipinski definition) is 12. The topological polar surface area (TPSA) is 228 Å².